The van der Waals surface area contributed by atoms with Crippen molar-refractivity contribution < 1.29 is 9.21 Å². The van der Waals surface area contributed by atoms with Crippen LogP contribution in [0.4, 0.5) is 0 Å². The number of hydrogen-bond acceptors (Lipinski definition) is 3. The average molecular weight is 236 g/mol. The molecule has 0 spiro atoms. The van der Waals surface area contributed by atoms with Crippen molar-refractivity contribution in [1.82, 2.24) is 5.32 Å². The second-order valence-electron chi connectivity index (χ2n) is 4.84. The predicted octanol–water partition coefficient (Wildman–Crippen LogP) is 1.70. The maximum Gasteiger partial charge on any atom is 0.287 e. The minimum atomic E-state index is -0.118. The van der Waals surface area contributed by atoms with E-state index in [2.05, 4.69) is 5.32 Å². The first-order chi connectivity index (χ1) is 8.19. The van der Waals surface area contributed by atoms with Crippen molar-refractivity contribution in [2.45, 2.75) is 32.6 Å². The quantitative estimate of drug-likeness (QED) is 0.790. The van der Waals surface area contributed by atoms with Crippen LogP contribution in [0.25, 0.3) is 0 Å². The Bertz CT molecular complexity index is 394. The van der Waals surface area contributed by atoms with Crippen LogP contribution in [-0.2, 0) is 6.42 Å². The number of nitrogens with two attached hydrogens (primary N) is 1. The number of nitrogens with one attached hydrogen (secondary N) is 1. The molecule has 3 N–H and O–H groups in total. The summed E-state index contributed by atoms with van der Waals surface area (Å²) in [6.45, 7) is 3.41. The Balaban J connectivity index is 1.85. The van der Waals surface area contributed by atoms with Gasteiger partial charge < -0.3 is 15.5 Å². The highest BCUT2D eigenvalue weighted by Crippen LogP contribution is 2.47. The Morgan fingerprint density at radius 2 is 2.29 bits per heavy atom. The molecule has 4 heteroatoms. The minimum Gasteiger partial charge on any atom is -0.456 e. The summed E-state index contributed by atoms with van der Waals surface area (Å²) in [5.41, 5.74) is 5.83. The first-order valence-electron chi connectivity index (χ1n) is 6.26. The number of amides is 1. The standard InChI is InChI=1S/C13H20N2O2/c1-2-10-3-4-11(17-10)12(16)15-9-13(5-6-13)7-8-14/h3-4H,2,5-9,14H2,1H3,(H,15,16). The molecule has 0 bridgehead atoms. The van der Waals surface area contributed by atoms with Gasteiger partial charge in [-0.3, -0.25) is 4.79 Å². The molecule has 1 aromatic rings. The van der Waals surface area contributed by atoms with Crippen molar-refractivity contribution in [1.29, 1.82) is 0 Å². The molecule has 0 saturated heterocycles. The van der Waals surface area contributed by atoms with Crippen molar-refractivity contribution in [3.05, 3.63) is 23.7 Å². The van der Waals surface area contributed by atoms with E-state index in [-0.39, 0.29) is 11.3 Å². The van der Waals surface area contributed by atoms with Crippen LogP contribution in [0, 0.1) is 5.41 Å². The number of aryl methyl sites for hydroxylation is 1. The Labute approximate surface area is 102 Å². The lowest BCUT2D eigenvalue weighted by molar-refractivity contribution is 0.0914. The van der Waals surface area contributed by atoms with Gasteiger partial charge in [-0.05, 0) is 43.4 Å². The summed E-state index contributed by atoms with van der Waals surface area (Å²) in [5.74, 6) is 1.14. The number of carbonyl (C=O) groups is 1. The molecule has 1 saturated carbocycles. The molecule has 0 unspecified atom stereocenters. The molecule has 4 nitrogen and oxygen atoms in total. The third-order valence-corrected chi connectivity index (χ3v) is 3.49. The van der Waals surface area contributed by atoms with Crippen molar-refractivity contribution >= 4 is 5.91 Å². The molecule has 1 aliphatic carbocycles. The highest BCUT2D eigenvalue weighted by atomic mass is 16.3. The smallest absolute Gasteiger partial charge is 0.287 e. The maximum absolute atomic E-state index is 11.8. The summed E-state index contributed by atoms with van der Waals surface area (Å²) >= 11 is 0. The topological polar surface area (TPSA) is 68.3 Å². The van der Waals surface area contributed by atoms with Crippen LogP contribution >= 0.6 is 0 Å². The van der Waals surface area contributed by atoms with E-state index < -0.39 is 0 Å². The zero-order chi connectivity index (χ0) is 12.3. The second-order valence-corrected chi connectivity index (χ2v) is 4.84. The van der Waals surface area contributed by atoms with E-state index in [0.29, 0.717) is 18.8 Å². The van der Waals surface area contributed by atoms with Crippen molar-refractivity contribution in [3.8, 4) is 0 Å². The zero-order valence-corrected chi connectivity index (χ0v) is 10.3. The fourth-order valence-corrected chi connectivity index (χ4v) is 2.04. The molecule has 2 rings (SSSR count). The molecular formula is C13H20N2O2. The number of hydrogen-bond donors (Lipinski definition) is 2. The van der Waals surface area contributed by atoms with E-state index in [1.54, 1.807) is 6.07 Å². The lowest BCUT2D eigenvalue weighted by atomic mass is 10.0. The second kappa shape index (κ2) is 4.92. The maximum atomic E-state index is 11.8. The molecule has 17 heavy (non-hydrogen) atoms. The fraction of sp³-hybridized carbons (Fsp3) is 0.615. The summed E-state index contributed by atoms with van der Waals surface area (Å²) in [6.07, 6.45) is 4.14. The van der Waals surface area contributed by atoms with Gasteiger partial charge >= 0.3 is 0 Å². The van der Waals surface area contributed by atoms with E-state index in [4.69, 9.17) is 10.2 Å². The van der Waals surface area contributed by atoms with Gasteiger partial charge in [0, 0.05) is 13.0 Å². The van der Waals surface area contributed by atoms with Crippen molar-refractivity contribution in [3.63, 3.8) is 0 Å². The van der Waals surface area contributed by atoms with Crippen LogP contribution in [0.1, 0.15) is 42.5 Å². The lowest BCUT2D eigenvalue weighted by Crippen LogP contribution is -2.31. The van der Waals surface area contributed by atoms with Gasteiger partial charge in [0.25, 0.3) is 5.91 Å². The third kappa shape index (κ3) is 2.88. The Hall–Kier alpha value is -1.29. The van der Waals surface area contributed by atoms with Gasteiger partial charge in [-0.15, -0.1) is 0 Å². The van der Waals surface area contributed by atoms with E-state index in [1.807, 2.05) is 13.0 Å². The summed E-state index contributed by atoms with van der Waals surface area (Å²) in [7, 11) is 0. The van der Waals surface area contributed by atoms with Gasteiger partial charge in [0.2, 0.25) is 0 Å². The molecule has 1 aliphatic rings. The third-order valence-electron chi connectivity index (χ3n) is 3.49. The van der Waals surface area contributed by atoms with Gasteiger partial charge in [-0.1, -0.05) is 6.92 Å². The van der Waals surface area contributed by atoms with Crippen LogP contribution in [0.2, 0.25) is 0 Å². The number of rotatable bonds is 6. The Morgan fingerprint density at radius 1 is 1.53 bits per heavy atom. The summed E-state index contributed by atoms with van der Waals surface area (Å²) < 4.78 is 5.40. The molecule has 1 amide bonds. The molecule has 1 aromatic heterocycles. The molecule has 94 valence electrons. The largest absolute Gasteiger partial charge is 0.456 e. The minimum absolute atomic E-state index is 0.118. The summed E-state index contributed by atoms with van der Waals surface area (Å²) in [6, 6.07) is 3.58. The summed E-state index contributed by atoms with van der Waals surface area (Å²) in [5, 5.41) is 2.94. The number of carbonyl (C=O) groups excluding carboxylic acids is 1. The molecule has 0 atom stereocenters. The Morgan fingerprint density at radius 3 is 2.82 bits per heavy atom. The first-order valence-corrected chi connectivity index (χ1v) is 6.26. The van der Waals surface area contributed by atoms with E-state index >= 15 is 0 Å². The Kier molecular flexibility index (Phi) is 3.52. The van der Waals surface area contributed by atoms with Crippen LogP contribution in [0.5, 0.6) is 0 Å². The average Bonchev–Trinajstić information content (AvgIpc) is 2.93. The molecule has 0 radical (unpaired) electrons. The monoisotopic (exact) mass is 236 g/mol. The lowest BCUT2D eigenvalue weighted by Gasteiger charge is -2.13. The normalized spacial score (nSPS) is 16.8. The molecular weight excluding hydrogens is 216 g/mol. The highest BCUT2D eigenvalue weighted by molar-refractivity contribution is 5.91. The van der Waals surface area contributed by atoms with Gasteiger partial charge in [0.15, 0.2) is 5.76 Å². The first kappa shape index (κ1) is 12.2. The van der Waals surface area contributed by atoms with Gasteiger partial charge in [-0.2, -0.15) is 0 Å². The van der Waals surface area contributed by atoms with Crippen molar-refractivity contribution in [2.75, 3.05) is 13.1 Å². The van der Waals surface area contributed by atoms with Crippen LogP contribution in [0.3, 0.4) is 0 Å². The molecule has 0 aromatic carbocycles. The van der Waals surface area contributed by atoms with Crippen LogP contribution < -0.4 is 11.1 Å². The fourth-order valence-electron chi connectivity index (χ4n) is 2.04. The highest BCUT2D eigenvalue weighted by Gasteiger charge is 2.41. The SMILES string of the molecule is CCc1ccc(C(=O)NCC2(CCN)CC2)o1. The van der Waals surface area contributed by atoms with E-state index in [0.717, 1.165) is 18.6 Å². The molecule has 1 fully saturated rings. The number of furan rings is 1. The van der Waals surface area contributed by atoms with Gasteiger partial charge in [0.1, 0.15) is 5.76 Å². The molecule has 1 heterocycles. The predicted molar refractivity (Wildman–Crippen MR) is 65.8 cm³/mol. The van der Waals surface area contributed by atoms with Crippen LogP contribution in [-0.4, -0.2) is 19.0 Å². The summed E-state index contributed by atoms with van der Waals surface area (Å²) in [4.78, 5) is 11.8. The van der Waals surface area contributed by atoms with Gasteiger partial charge in [-0.25, -0.2) is 0 Å². The van der Waals surface area contributed by atoms with Crippen molar-refractivity contribution in [2.24, 2.45) is 11.1 Å². The zero-order valence-electron chi connectivity index (χ0n) is 10.3. The van der Waals surface area contributed by atoms with E-state index in [1.165, 1.54) is 12.8 Å². The van der Waals surface area contributed by atoms with Gasteiger partial charge in [0.05, 0.1) is 0 Å². The molecule has 0 aliphatic heterocycles. The van der Waals surface area contributed by atoms with Crippen LogP contribution in [0.15, 0.2) is 16.5 Å². The van der Waals surface area contributed by atoms with E-state index in [9.17, 15) is 4.79 Å².